The van der Waals surface area contributed by atoms with Crippen LogP contribution >= 0.6 is 0 Å². The molecule has 4 rings (SSSR count). The molecule has 0 saturated heterocycles. The highest BCUT2D eigenvalue weighted by atomic mass is 32.2. The van der Waals surface area contributed by atoms with E-state index < -0.39 is 21.3 Å². The van der Waals surface area contributed by atoms with Crippen molar-refractivity contribution in [3.05, 3.63) is 74.4 Å². The number of aromatic nitrogens is 2. The van der Waals surface area contributed by atoms with Gasteiger partial charge in [0.05, 0.1) is 28.4 Å². The maximum absolute atomic E-state index is 13.6. The molecule has 1 unspecified atom stereocenters. The Balaban J connectivity index is 1.79. The van der Waals surface area contributed by atoms with Crippen LogP contribution in [0, 0.1) is 0 Å². The quantitative estimate of drug-likeness (QED) is 0.558. The molecule has 1 heterocycles. The van der Waals surface area contributed by atoms with E-state index in [-0.39, 0.29) is 35.0 Å². The Morgan fingerprint density at radius 1 is 1.13 bits per heavy atom. The highest BCUT2D eigenvalue weighted by Gasteiger charge is 2.36. The molecule has 9 heteroatoms. The second kappa shape index (κ2) is 8.17. The Morgan fingerprint density at radius 2 is 1.93 bits per heavy atom. The molecule has 1 aromatic heterocycles. The van der Waals surface area contributed by atoms with E-state index in [0.717, 1.165) is 17.5 Å². The molecule has 30 heavy (non-hydrogen) atoms. The average Bonchev–Trinajstić information content (AvgIpc) is 3.14. The van der Waals surface area contributed by atoms with Gasteiger partial charge in [0.2, 0.25) is 10.0 Å². The maximum Gasteiger partial charge on any atom is 0.326 e. The maximum atomic E-state index is 13.6. The first-order valence-corrected chi connectivity index (χ1v) is 11.3. The van der Waals surface area contributed by atoms with E-state index in [9.17, 15) is 18.0 Å². The smallest absolute Gasteiger partial charge is 0.326 e. The topological polar surface area (TPSA) is 112 Å². The Bertz CT molecular complexity index is 1300. The minimum absolute atomic E-state index is 0.00780. The number of nitrogens with zero attached hydrogens (tertiary/aromatic N) is 1. The number of nitrogens with one attached hydrogen (secondary N) is 2. The number of hydrogen-bond donors (Lipinski definition) is 2. The van der Waals surface area contributed by atoms with Gasteiger partial charge in [0.25, 0.3) is 5.56 Å². The third-order valence-corrected chi connectivity index (χ3v) is 7.33. The molecule has 0 spiro atoms. The molecular weight excluding hydrogens is 406 g/mol. The van der Waals surface area contributed by atoms with Crippen molar-refractivity contribution in [2.45, 2.75) is 30.7 Å². The number of benzene rings is 2. The zero-order valence-corrected chi connectivity index (χ0v) is 17.4. The number of fused-ring (bicyclic) bond motifs is 2. The fourth-order valence-corrected chi connectivity index (χ4v) is 5.66. The molecule has 3 aromatic rings. The number of hydrogen-bond acceptors (Lipinski definition) is 5. The SMILES string of the molecule is CCOCCN(C1CCc2ccccc21)S(=O)(=O)c1ccc2[nH]c(=O)[nH]c(=O)c2c1. The molecule has 1 aliphatic rings. The fraction of sp³-hybridized carbons (Fsp3) is 0.333. The van der Waals surface area contributed by atoms with Crippen LogP contribution in [0.3, 0.4) is 0 Å². The van der Waals surface area contributed by atoms with Crippen LogP contribution in [0.4, 0.5) is 0 Å². The average molecular weight is 429 g/mol. The summed E-state index contributed by atoms with van der Waals surface area (Å²) in [6.45, 7) is 2.83. The van der Waals surface area contributed by atoms with Gasteiger partial charge in [-0.25, -0.2) is 13.2 Å². The van der Waals surface area contributed by atoms with E-state index in [1.807, 2.05) is 31.2 Å². The second-order valence-corrected chi connectivity index (χ2v) is 9.07. The van der Waals surface area contributed by atoms with Crippen LogP contribution in [0.25, 0.3) is 10.9 Å². The molecule has 1 aliphatic carbocycles. The van der Waals surface area contributed by atoms with Crippen molar-refractivity contribution in [3.63, 3.8) is 0 Å². The number of aryl methyl sites for hydroxylation is 1. The molecule has 0 amide bonds. The lowest BCUT2D eigenvalue weighted by atomic mass is 10.1. The minimum atomic E-state index is -3.92. The molecule has 158 valence electrons. The predicted octanol–water partition coefficient (Wildman–Crippen LogP) is 1.93. The Hall–Kier alpha value is -2.75. The van der Waals surface area contributed by atoms with Crippen molar-refractivity contribution in [2.24, 2.45) is 0 Å². The summed E-state index contributed by atoms with van der Waals surface area (Å²) in [6.07, 6.45) is 1.49. The molecule has 2 N–H and O–H groups in total. The van der Waals surface area contributed by atoms with E-state index in [1.54, 1.807) is 0 Å². The van der Waals surface area contributed by atoms with Gasteiger partial charge in [-0.05, 0) is 49.1 Å². The summed E-state index contributed by atoms with van der Waals surface area (Å²) < 4.78 is 34.2. The first-order valence-electron chi connectivity index (χ1n) is 9.85. The van der Waals surface area contributed by atoms with Crippen LogP contribution < -0.4 is 11.2 Å². The van der Waals surface area contributed by atoms with Gasteiger partial charge in [0.1, 0.15) is 0 Å². The largest absolute Gasteiger partial charge is 0.380 e. The van der Waals surface area contributed by atoms with Crippen LogP contribution in [0.15, 0.2) is 56.9 Å². The van der Waals surface area contributed by atoms with E-state index in [4.69, 9.17) is 4.74 Å². The van der Waals surface area contributed by atoms with Crippen molar-refractivity contribution in [2.75, 3.05) is 19.8 Å². The summed E-state index contributed by atoms with van der Waals surface area (Å²) in [5.41, 5.74) is 1.17. The van der Waals surface area contributed by atoms with E-state index in [1.165, 1.54) is 22.5 Å². The minimum Gasteiger partial charge on any atom is -0.380 e. The van der Waals surface area contributed by atoms with Gasteiger partial charge < -0.3 is 9.72 Å². The van der Waals surface area contributed by atoms with Crippen molar-refractivity contribution in [1.82, 2.24) is 14.3 Å². The van der Waals surface area contributed by atoms with Crippen LogP contribution in [0.2, 0.25) is 0 Å². The normalized spacial score (nSPS) is 16.3. The van der Waals surface area contributed by atoms with Crippen molar-refractivity contribution >= 4 is 20.9 Å². The van der Waals surface area contributed by atoms with Gasteiger partial charge in [-0.3, -0.25) is 9.78 Å². The van der Waals surface area contributed by atoms with E-state index in [0.29, 0.717) is 13.0 Å². The van der Waals surface area contributed by atoms with Crippen LogP contribution in [0.5, 0.6) is 0 Å². The lowest BCUT2D eigenvalue weighted by Gasteiger charge is -2.29. The number of H-pyrrole nitrogens is 2. The molecule has 0 bridgehead atoms. The van der Waals surface area contributed by atoms with Crippen LogP contribution in [-0.2, 0) is 21.2 Å². The highest BCUT2D eigenvalue weighted by Crippen LogP contribution is 2.38. The number of sulfonamides is 1. The summed E-state index contributed by atoms with van der Waals surface area (Å²) in [7, 11) is -3.92. The van der Waals surface area contributed by atoms with Gasteiger partial charge in [-0.15, -0.1) is 0 Å². The lowest BCUT2D eigenvalue weighted by molar-refractivity contribution is 0.126. The monoisotopic (exact) mass is 429 g/mol. The van der Waals surface area contributed by atoms with E-state index in [2.05, 4.69) is 9.97 Å². The Kier molecular flexibility index (Phi) is 5.59. The summed E-state index contributed by atoms with van der Waals surface area (Å²) >= 11 is 0. The van der Waals surface area contributed by atoms with Crippen molar-refractivity contribution < 1.29 is 13.2 Å². The molecular formula is C21H23N3O5S. The van der Waals surface area contributed by atoms with Crippen LogP contribution in [-0.4, -0.2) is 42.4 Å². The zero-order chi connectivity index (χ0) is 21.3. The Labute approximate surface area is 173 Å². The molecule has 0 radical (unpaired) electrons. The number of aromatic amines is 2. The van der Waals surface area contributed by atoms with Crippen LogP contribution in [0.1, 0.15) is 30.5 Å². The van der Waals surface area contributed by atoms with Gasteiger partial charge in [0.15, 0.2) is 0 Å². The molecule has 0 fully saturated rings. The third-order valence-electron chi connectivity index (χ3n) is 5.43. The summed E-state index contributed by atoms with van der Waals surface area (Å²) in [5, 5.41) is 0.118. The van der Waals surface area contributed by atoms with Gasteiger partial charge >= 0.3 is 5.69 Å². The second-order valence-electron chi connectivity index (χ2n) is 7.18. The fourth-order valence-electron chi connectivity index (χ4n) is 4.02. The van der Waals surface area contributed by atoms with Gasteiger partial charge in [-0.2, -0.15) is 4.31 Å². The van der Waals surface area contributed by atoms with Crippen molar-refractivity contribution in [3.8, 4) is 0 Å². The standard InChI is InChI=1S/C21H23N3O5S/c1-2-29-12-11-24(19-10-7-14-5-3-4-6-16(14)19)30(27,28)15-8-9-18-17(13-15)20(25)23-21(26)22-18/h3-6,8-9,13,19H,2,7,10-12H2,1H3,(H2,22,23,25,26). The summed E-state index contributed by atoms with van der Waals surface area (Å²) in [5.74, 6) is 0. The first-order chi connectivity index (χ1) is 14.4. The molecule has 1 atom stereocenters. The van der Waals surface area contributed by atoms with Crippen molar-refractivity contribution in [1.29, 1.82) is 0 Å². The molecule has 0 aliphatic heterocycles. The molecule has 2 aromatic carbocycles. The van der Waals surface area contributed by atoms with E-state index >= 15 is 0 Å². The van der Waals surface area contributed by atoms with Gasteiger partial charge in [0, 0.05) is 13.2 Å². The summed E-state index contributed by atoms with van der Waals surface area (Å²) in [4.78, 5) is 28.3. The number of ether oxygens (including phenoxy) is 1. The summed E-state index contributed by atoms with van der Waals surface area (Å²) in [6, 6.07) is 11.7. The first kappa shape index (κ1) is 20.5. The van der Waals surface area contributed by atoms with Gasteiger partial charge in [-0.1, -0.05) is 24.3 Å². The third kappa shape index (κ3) is 3.71. The highest BCUT2D eigenvalue weighted by molar-refractivity contribution is 7.89. The zero-order valence-electron chi connectivity index (χ0n) is 16.6. The molecule has 0 saturated carbocycles. The lowest BCUT2D eigenvalue weighted by Crippen LogP contribution is -2.37. The predicted molar refractivity (Wildman–Crippen MR) is 113 cm³/mol. The Morgan fingerprint density at radius 3 is 2.73 bits per heavy atom. The number of rotatable bonds is 7. The molecule has 8 nitrogen and oxygen atoms in total.